The van der Waals surface area contributed by atoms with Crippen molar-refractivity contribution in [1.29, 1.82) is 0 Å². The minimum absolute atomic E-state index is 0.264. The highest BCUT2D eigenvalue weighted by Crippen LogP contribution is 2.00. The van der Waals surface area contributed by atoms with Crippen molar-refractivity contribution >= 4 is 11.9 Å². The van der Waals surface area contributed by atoms with E-state index in [0.29, 0.717) is 12.0 Å². The van der Waals surface area contributed by atoms with E-state index >= 15 is 0 Å². The fourth-order valence-corrected chi connectivity index (χ4v) is 0.761. The summed E-state index contributed by atoms with van der Waals surface area (Å²) in [5, 5.41) is 16.5. The van der Waals surface area contributed by atoms with Crippen LogP contribution in [0.2, 0.25) is 0 Å². The van der Waals surface area contributed by atoms with Crippen LogP contribution in [-0.4, -0.2) is 22.2 Å². The van der Waals surface area contributed by atoms with Crippen LogP contribution in [0.15, 0.2) is 23.8 Å². The van der Waals surface area contributed by atoms with Gasteiger partial charge in [0.2, 0.25) is 0 Å². The first-order valence-electron chi connectivity index (χ1n) is 5.67. The maximum absolute atomic E-state index is 10.2. The molecule has 2 N–H and O–H groups in total. The Balaban J connectivity index is 0. The molecule has 0 heterocycles. The number of carboxylic acid groups (broad SMARTS) is 2. The van der Waals surface area contributed by atoms with E-state index < -0.39 is 11.9 Å². The lowest BCUT2D eigenvalue weighted by Gasteiger charge is -1.91. The van der Waals surface area contributed by atoms with Crippen LogP contribution in [0.25, 0.3) is 0 Å². The van der Waals surface area contributed by atoms with Crippen molar-refractivity contribution in [2.45, 2.75) is 46.5 Å². The third-order valence-electron chi connectivity index (χ3n) is 2.07. The second kappa shape index (κ2) is 10.9. The molecule has 0 spiro atoms. The van der Waals surface area contributed by atoms with Crippen molar-refractivity contribution in [2.75, 3.05) is 0 Å². The first-order chi connectivity index (χ1) is 7.86. The number of carboxylic acids is 2. The van der Waals surface area contributed by atoms with Crippen LogP contribution in [0.1, 0.15) is 46.5 Å². The minimum Gasteiger partial charge on any atom is -0.478 e. The predicted octanol–water partition coefficient (Wildman–Crippen LogP) is 3.24. The second-order valence-electron chi connectivity index (χ2n) is 3.60. The van der Waals surface area contributed by atoms with Crippen molar-refractivity contribution in [3.8, 4) is 0 Å². The lowest BCUT2D eigenvalue weighted by molar-refractivity contribution is -0.133. The molecule has 0 amide bonds. The lowest BCUT2D eigenvalue weighted by atomic mass is 10.2. The summed E-state index contributed by atoms with van der Waals surface area (Å²) in [6, 6.07) is 0. The third-order valence-corrected chi connectivity index (χ3v) is 2.07. The van der Waals surface area contributed by atoms with Crippen LogP contribution in [0.4, 0.5) is 0 Å². The first-order valence-corrected chi connectivity index (χ1v) is 5.67. The van der Waals surface area contributed by atoms with Gasteiger partial charge in [-0.3, -0.25) is 0 Å². The summed E-state index contributed by atoms with van der Waals surface area (Å²) in [6.07, 6.45) is 5.36. The van der Waals surface area contributed by atoms with Gasteiger partial charge < -0.3 is 10.2 Å². The van der Waals surface area contributed by atoms with Crippen LogP contribution in [0.3, 0.4) is 0 Å². The van der Waals surface area contributed by atoms with Gasteiger partial charge in [0, 0.05) is 11.1 Å². The van der Waals surface area contributed by atoms with Crippen LogP contribution in [0.5, 0.6) is 0 Å². The molecule has 0 rings (SSSR count). The maximum Gasteiger partial charge on any atom is 0.330 e. The number of aliphatic carboxylic acids is 2. The van der Waals surface area contributed by atoms with Crippen LogP contribution in [-0.2, 0) is 9.59 Å². The van der Waals surface area contributed by atoms with E-state index in [4.69, 9.17) is 10.2 Å². The highest BCUT2D eigenvalue weighted by Gasteiger charge is 1.97. The largest absolute Gasteiger partial charge is 0.478 e. The molecule has 0 aliphatic carbocycles. The van der Waals surface area contributed by atoms with Gasteiger partial charge in [-0.05, 0) is 19.8 Å². The molecule has 0 radical (unpaired) electrons. The van der Waals surface area contributed by atoms with E-state index in [2.05, 4.69) is 13.5 Å². The Hall–Kier alpha value is -1.58. The molecule has 0 aromatic rings. The number of rotatable bonds is 6. The Morgan fingerprint density at radius 3 is 1.94 bits per heavy atom. The molecule has 0 atom stereocenters. The molecule has 0 saturated carbocycles. The molecule has 4 nitrogen and oxygen atoms in total. The fraction of sp³-hybridized carbons (Fsp3) is 0.538. The van der Waals surface area contributed by atoms with Crippen molar-refractivity contribution in [1.82, 2.24) is 0 Å². The number of carbonyl (C=O) groups is 2. The van der Waals surface area contributed by atoms with Gasteiger partial charge in [0.1, 0.15) is 0 Å². The summed E-state index contributed by atoms with van der Waals surface area (Å²) >= 11 is 0. The predicted molar refractivity (Wildman–Crippen MR) is 68.0 cm³/mol. The minimum atomic E-state index is -0.900. The Bertz CT molecular complexity index is 290. The first kappa shape index (κ1) is 17.8. The fourth-order valence-electron chi connectivity index (χ4n) is 0.761. The van der Waals surface area contributed by atoms with Crippen LogP contribution >= 0.6 is 0 Å². The molecule has 0 fully saturated rings. The lowest BCUT2D eigenvalue weighted by Crippen LogP contribution is -1.95. The van der Waals surface area contributed by atoms with Gasteiger partial charge in [0.05, 0.1) is 0 Å². The van der Waals surface area contributed by atoms with Crippen molar-refractivity contribution in [2.24, 2.45) is 0 Å². The molecule has 98 valence electrons. The normalized spacial score (nSPS) is 10.2. The molecule has 0 aromatic heterocycles. The van der Waals surface area contributed by atoms with Gasteiger partial charge in [0.25, 0.3) is 0 Å². The quantitative estimate of drug-likeness (QED) is 0.554. The van der Waals surface area contributed by atoms with E-state index in [-0.39, 0.29) is 5.57 Å². The van der Waals surface area contributed by atoms with E-state index in [1.54, 1.807) is 19.9 Å². The van der Waals surface area contributed by atoms with Gasteiger partial charge in [-0.1, -0.05) is 39.3 Å². The second-order valence-corrected chi connectivity index (χ2v) is 3.60. The monoisotopic (exact) mass is 242 g/mol. The molecule has 0 bridgehead atoms. The van der Waals surface area contributed by atoms with E-state index in [1.807, 2.05) is 0 Å². The summed E-state index contributed by atoms with van der Waals surface area (Å²) in [7, 11) is 0. The summed E-state index contributed by atoms with van der Waals surface area (Å²) in [5.74, 6) is -1.71. The molecular weight excluding hydrogens is 220 g/mol. The van der Waals surface area contributed by atoms with Crippen LogP contribution in [0, 0.1) is 0 Å². The van der Waals surface area contributed by atoms with Gasteiger partial charge in [-0.15, -0.1) is 0 Å². The number of hydrogen-bond acceptors (Lipinski definition) is 2. The smallest absolute Gasteiger partial charge is 0.330 e. The Morgan fingerprint density at radius 2 is 1.71 bits per heavy atom. The molecule has 4 heteroatoms. The van der Waals surface area contributed by atoms with Gasteiger partial charge in [-0.2, -0.15) is 0 Å². The van der Waals surface area contributed by atoms with Gasteiger partial charge in [-0.25, -0.2) is 9.59 Å². The van der Waals surface area contributed by atoms with Crippen molar-refractivity contribution < 1.29 is 19.8 Å². The number of allylic oxidation sites excluding steroid dienone is 1. The molecule has 0 saturated heterocycles. The van der Waals surface area contributed by atoms with Gasteiger partial charge >= 0.3 is 11.9 Å². The number of hydrogen-bond donors (Lipinski definition) is 2. The molecule has 0 unspecified atom stereocenters. The summed E-state index contributed by atoms with van der Waals surface area (Å²) in [4.78, 5) is 20.1. The zero-order chi connectivity index (χ0) is 13.8. The molecular formula is C13H22O4. The van der Waals surface area contributed by atoms with Gasteiger partial charge in [0.15, 0.2) is 0 Å². The standard InChI is InChI=1S/C8H14O2.C5H8O2/c1-3-4-5-6-7(2)8(9)10;1-3-4(2)5(6)7/h6H,3-5H2,1-2H3,(H,9,10);2-3H2,1H3,(H,6,7). The summed E-state index contributed by atoms with van der Waals surface area (Å²) in [5.41, 5.74) is 0.716. The number of unbranched alkanes of at least 4 members (excludes halogenated alkanes) is 2. The van der Waals surface area contributed by atoms with Crippen molar-refractivity contribution in [3.63, 3.8) is 0 Å². The summed E-state index contributed by atoms with van der Waals surface area (Å²) in [6.45, 7) is 8.74. The topological polar surface area (TPSA) is 74.6 Å². The highest BCUT2D eigenvalue weighted by molar-refractivity contribution is 5.85. The Kier molecular flexibility index (Phi) is 11.4. The molecule has 0 aromatic carbocycles. The average molecular weight is 242 g/mol. The van der Waals surface area contributed by atoms with Crippen LogP contribution < -0.4 is 0 Å². The van der Waals surface area contributed by atoms with E-state index in [9.17, 15) is 9.59 Å². The van der Waals surface area contributed by atoms with Crippen molar-refractivity contribution in [3.05, 3.63) is 23.8 Å². The molecule has 17 heavy (non-hydrogen) atoms. The molecule has 0 aliphatic heterocycles. The Labute approximate surface area is 103 Å². The molecule has 0 aliphatic rings. The third kappa shape index (κ3) is 12.4. The summed E-state index contributed by atoms with van der Waals surface area (Å²) < 4.78 is 0. The SMILES string of the molecule is C=C(CC)C(=O)O.CCCCC=C(C)C(=O)O. The highest BCUT2D eigenvalue weighted by atomic mass is 16.4. The maximum atomic E-state index is 10.2. The Morgan fingerprint density at radius 1 is 1.18 bits per heavy atom. The van der Waals surface area contributed by atoms with E-state index in [0.717, 1.165) is 19.3 Å². The average Bonchev–Trinajstić information content (AvgIpc) is 2.28. The van der Waals surface area contributed by atoms with E-state index in [1.165, 1.54) is 0 Å². The zero-order valence-electron chi connectivity index (χ0n) is 10.8. The zero-order valence-corrected chi connectivity index (χ0v) is 10.8.